The van der Waals surface area contributed by atoms with Crippen molar-refractivity contribution in [1.29, 1.82) is 0 Å². The summed E-state index contributed by atoms with van der Waals surface area (Å²) in [6, 6.07) is 7.81. The lowest BCUT2D eigenvalue weighted by atomic mass is 10.1. The Morgan fingerprint density at radius 2 is 2.16 bits per heavy atom. The topological polar surface area (TPSA) is 67.4 Å². The largest absolute Gasteiger partial charge is 0.488 e. The van der Waals surface area contributed by atoms with Crippen LogP contribution in [0.3, 0.4) is 0 Å². The molecule has 2 rings (SSSR count). The second-order valence-electron chi connectivity index (χ2n) is 4.68. The van der Waals surface area contributed by atoms with Gasteiger partial charge in [-0.15, -0.1) is 0 Å². The highest BCUT2D eigenvalue weighted by atomic mass is 32.2. The second kappa shape index (κ2) is 6.36. The van der Waals surface area contributed by atoms with E-state index >= 15 is 0 Å². The van der Waals surface area contributed by atoms with Crippen molar-refractivity contribution in [3.63, 3.8) is 0 Å². The highest BCUT2D eigenvalue weighted by molar-refractivity contribution is 7.89. The van der Waals surface area contributed by atoms with Gasteiger partial charge in [-0.25, -0.2) is 13.1 Å². The Hall–Kier alpha value is -1.11. The van der Waals surface area contributed by atoms with Crippen molar-refractivity contribution >= 4 is 10.0 Å². The van der Waals surface area contributed by atoms with Crippen molar-refractivity contribution in [2.75, 3.05) is 25.9 Å². The molecule has 0 amide bonds. The summed E-state index contributed by atoms with van der Waals surface area (Å²) in [6.07, 6.45) is 1.27. The number of hydrogen-bond acceptors (Lipinski definition) is 4. The molecule has 0 bridgehead atoms. The van der Waals surface area contributed by atoms with Crippen molar-refractivity contribution < 1.29 is 13.2 Å². The van der Waals surface area contributed by atoms with Crippen LogP contribution >= 0.6 is 0 Å². The quantitative estimate of drug-likeness (QED) is 0.716. The first kappa shape index (κ1) is 14.3. The van der Waals surface area contributed by atoms with Crippen LogP contribution in [-0.4, -0.2) is 40.4 Å². The number of nitrogens with one attached hydrogen (secondary N) is 2. The van der Waals surface area contributed by atoms with E-state index in [0.717, 1.165) is 17.7 Å². The lowest BCUT2D eigenvalue weighted by molar-refractivity contribution is 0.236. The Bertz CT molecular complexity index is 491. The molecule has 1 aliphatic heterocycles. The van der Waals surface area contributed by atoms with Crippen molar-refractivity contribution in [3.8, 4) is 5.75 Å². The molecular formula is C13H20N2O3S. The van der Waals surface area contributed by atoms with E-state index in [9.17, 15) is 8.42 Å². The van der Waals surface area contributed by atoms with Crippen molar-refractivity contribution in [2.24, 2.45) is 0 Å². The minimum absolute atomic E-state index is 0.100. The molecule has 0 spiro atoms. The monoisotopic (exact) mass is 284 g/mol. The first-order valence-electron chi connectivity index (χ1n) is 6.47. The van der Waals surface area contributed by atoms with E-state index in [1.807, 2.05) is 31.3 Å². The van der Waals surface area contributed by atoms with Gasteiger partial charge in [-0.1, -0.05) is 18.2 Å². The molecule has 1 aromatic carbocycles. The fraction of sp³-hybridized carbons (Fsp3) is 0.538. The Labute approximate surface area is 114 Å². The van der Waals surface area contributed by atoms with Gasteiger partial charge in [0.2, 0.25) is 10.0 Å². The summed E-state index contributed by atoms with van der Waals surface area (Å²) in [4.78, 5) is 0. The summed E-state index contributed by atoms with van der Waals surface area (Å²) in [5.41, 5.74) is 1.14. The third-order valence-corrected chi connectivity index (χ3v) is 4.52. The van der Waals surface area contributed by atoms with Crippen molar-refractivity contribution in [3.05, 3.63) is 29.8 Å². The van der Waals surface area contributed by atoms with E-state index < -0.39 is 10.0 Å². The molecule has 0 fully saturated rings. The van der Waals surface area contributed by atoms with E-state index in [4.69, 9.17) is 4.74 Å². The Kier molecular flexibility index (Phi) is 4.79. The van der Waals surface area contributed by atoms with Crippen LogP contribution in [-0.2, 0) is 16.4 Å². The number of rotatable bonds is 7. The van der Waals surface area contributed by atoms with Gasteiger partial charge < -0.3 is 10.1 Å². The maximum Gasteiger partial charge on any atom is 0.211 e. The Balaban J connectivity index is 1.78. The van der Waals surface area contributed by atoms with E-state index in [2.05, 4.69) is 10.0 Å². The van der Waals surface area contributed by atoms with Crippen LogP contribution in [0.2, 0.25) is 0 Å². The van der Waals surface area contributed by atoms with Gasteiger partial charge in [-0.2, -0.15) is 0 Å². The molecule has 0 aliphatic carbocycles. The minimum Gasteiger partial charge on any atom is -0.488 e. The molecule has 6 heteroatoms. The third-order valence-electron chi connectivity index (χ3n) is 3.08. The predicted molar refractivity (Wildman–Crippen MR) is 74.9 cm³/mol. The molecule has 5 nitrogen and oxygen atoms in total. The van der Waals surface area contributed by atoms with Crippen LogP contribution < -0.4 is 14.8 Å². The summed E-state index contributed by atoms with van der Waals surface area (Å²) in [7, 11) is -1.39. The zero-order chi connectivity index (χ0) is 13.7. The van der Waals surface area contributed by atoms with Gasteiger partial charge in [0.05, 0.1) is 5.75 Å². The average Bonchev–Trinajstić information content (AvgIpc) is 2.79. The molecule has 106 valence electrons. The van der Waals surface area contributed by atoms with Gasteiger partial charge in [-0.05, 0) is 31.6 Å². The zero-order valence-electron chi connectivity index (χ0n) is 11.1. The maximum absolute atomic E-state index is 11.7. The molecule has 0 saturated heterocycles. The van der Waals surface area contributed by atoms with Gasteiger partial charge in [0.25, 0.3) is 0 Å². The SMILES string of the molecule is CNCCCS(=O)(=O)NCC1Cc2ccccc2O1. The summed E-state index contributed by atoms with van der Waals surface area (Å²) in [6.45, 7) is 1.03. The molecule has 1 unspecified atom stereocenters. The molecule has 19 heavy (non-hydrogen) atoms. The number of para-hydroxylation sites is 1. The van der Waals surface area contributed by atoms with Crippen LogP contribution in [0.25, 0.3) is 0 Å². The second-order valence-corrected chi connectivity index (χ2v) is 6.60. The zero-order valence-corrected chi connectivity index (χ0v) is 11.9. The predicted octanol–water partition coefficient (Wildman–Crippen LogP) is 0.519. The molecule has 1 aromatic rings. The van der Waals surface area contributed by atoms with E-state index in [1.165, 1.54) is 0 Å². The summed E-state index contributed by atoms with van der Waals surface area (Å²) < 4.78 is 31.8. The highest BCUT2D eigenvalue weighted by Crippen LogP contribution is 2.27. The minimum atomic E-state index is -3.20. The molecule has 0 aromatic heterocycles. The standard InChI is InChI=1S/C13H20N2O3S/c1-14-7-4-8-19(16,17)15-10-12-9-11-5-2-3-6-13(11)18-12/h2-3,5-6,12,14-15H,4,7-10H2,1H3. The summed E-state index contributed by atoms with van der Waals surface area (Å²) in [5, 5.41) is 2.93. The maximum atomic E-state index is 11.7. The van der Waals surface area contributed by atoms with E-state index in [-0.39, 0.29) is 11.9 Å². The van der Waals surface area contributed by atoms with Crippen LogP contribution in [0, 0.1) is 0 Å². The van der Waals surface area contributed by atoms with Gasteiger partial charge >= 0.3 is 0 Å². The normalized spacial score (nSPS) is 18.1. The lowest BCUT2D eigenvalue weighted by Gasteiger charge is -2.12. The van der Waals surface area contributed by atoms with Crippen LogP contribution in [0.5, 0.6) is 5.75 Å². The highest BCUT2D eigenvalue weighted by Gasteiger charge is 2.23. The van der Waals surface area contributed by atoms with Gasteiger partial charge in [-0.3, -0.25) is 0 Å². The van der Waals surface area contributed by atoms with Gasteiger partial charge in [0, 0.05) is 13.0 Å². The number of benzene rings is 1. The first-order chi connectivity index (χ1) is 9.11. The number of fused-ring (bicyclic) bond motifs is 1. The van der Waals surface area contributed by atoms with Gasteiger partial charge in [0.1, 0.15) is 11.9 Å². The number of hydrogen-bond donors (Lipinski definition) is 2. The molecule has 2 N–H and O–H groups in total. The fourth-order valence-corrected chi connectivity index (χ4v) is 3.21. The van der Waals surface area contributed by atoms with Crippen LogP contribution in [0.1, 0.15) is 12.0 Å². The molecule has 0 radical (unpaired) electrons. The molecular weight excluding hydrogens is 264 g/mol. The third kappa shape index (κ3) is 4.19. The number of sulfonamides is 1. The Morgan fingerprint density at radius 1 is 1.37 bits per heavy atom. The van der Waals surface area contributed by atoms with Crippen molar-refractivity contribution in [1.82, 2.24) is 10.0 Å². The summed E-state index contributed by atoms with van der Waals surface area (Å²) in [5.74, 6) is 1.01. The van der Waals surface area contributed by atoms with E-state index in [1.54, 1.807) is 0 Å². The Morgan fingerprint density at radius 3 is 2.89 bits per heavy atom. The first-order valence-corrected chi connectivity index (χ1v) is 8.12. The molecule has 1 atom stereocenters. The molecule has 1 heterocycles. The van der Waals surface area contributed by atoms with Crippen LogP contribution in [0.15, 0.2) is 24.3 Å². The number of ether oxygens (including phenoxy) is 1. The lowest BCUT2D eigenvalue weighted by Crippen LogP contribution is -2.36. The fourth-order valence-electron chi connectivity index (χ4n) is 2.10. The summed E-state index contributed by atoms with van der Waals surface area (Å²) >= 11 is 0. The van der Waals surface area contributed by atoms with Crippen molar-refractivity contribution in [2.45, 2.75) is 18.9 Å². The molecule has 1 aliphatic rings. The van der Waals surface area contributed by atoms with Gasteiger partial charge in [0.15, 0.2) is 0 Å². The smallest absolute Gasteiger partial charge is 0.211 e. The van der Waals surface area contributed by atoms with E-state index in [0.29, 0.717) is 19.5 Å². The average molecular weight is 284 g/mol. The molecule has 0 saturated carbocycles. The van der Waals surface area contributed by atoms with Crippen LogP contribution in [0.4, 0.5) is 0 Å².